The largest absolute Gasteiger partial charge is 0.151 e. The summed E-state index contributed by atoms with van der Waals surface area (Å²) in [6.07, 6.45) is 3.15. The minimum absolute atomic E-state index is 0.454. The molecule has 0 fully saturated rings. The molecule has 0 saturated carbocycles. The Hall–Kier alpha value is -1.18. The number of nitroso groups, excluding NO2 is 1. The Bertz CT molecular complexity index is 258. The van der Waals surface area contributed by atoms with Crippen molar-refractivity contribution < 1.29 is 0 Å². The van der Waals surface area contributed by atoms with Crippen LogP contribution in [0.3, 0.4) is 0 Å². The van der Waals surface area contributed by atoms with Crippen molar-refractivity contribution in [3.8, 4) is 0 Å². The van der Waals surface area contributed by atoms with Gasteiger partial charge in [0.2, 0.25) is 0 Å². The van der Waals surface area contributed by atoms with Gasteiger partial charge in [0.15, 0.2) is 0 Å². The SMILES string of the molecule is CC(CCN=O)CCc1ccccc1. The summed E-state index contributed by atoms with van der Waals surface area (Å²) in [5, 5.41) is 2.88. The van der Waals surface area contributed by atoms with Crippen LogP contribution in [0, 0.1) is 10.8 Å². The first-order chi connectivity index (χ1) is 6.83. The van der Waals surface area contributed by atoms with Crippen molar-refractivity contribution in [2.75, 3.05) is 6.54 Å². The normalized spacial score (nSPS) is 12.4. The lowest BCUT2D eigenvalue weighted by Gasteiger charge is -2.08. The van der Waals surface area contributed by atoms with Gasteiger partial charge in [-0.25, -0.2) is 0 Å². The second kappa shape index (κ2) is 6.30. The van der Waals surface area contributed by atoms with E-state index in [1.165, 1.54) is 5.56 Å². The van der Waals surface area contributed by atoms with Crippen molar-refractivity contribution in [2.45, 2.75) is 26.2 Å². The summed E-state index contributed by atoms with van der Waals surface area (Å²) < 4.78 is 0. The monoisotopic (exact) mass is 191 g/mol. The van der Waals surface area contributed by atoms with E-state index >= 15 is 0 Å². The molecule has 0 aliphatic carbocycles. The summed E-state index contributed by atoms with van der Waals surface area (Å²) in [6, 6.07) is 10.4. The van der Waals surface area contributed by atoms with Gasteiger partial charge in [0.1, 0.15) is 0 Å². The summed E-state index contributed by atoms with van der Waals surface area (Å²) in [6.45, 7) is 2.63. The lowest BCUT2D eigenvalue weighted by molar-refractivity contribution is 0.499. The minimum Gasteiger partial charge on any atom is -0.151 e. The highest BCUT2D eigenvalue weighted by Gasteiger charge is 2.02. The molecule has 14 heavy (non-hydrogen) atoms. The molecule has 1 atom stereocenters. The van der Waals surface area contributed by atoms with Gasteiger partial charge in [-0.3, -0.25) is 0 Å². The highest BCUT2D eigenvalue weighted by atomic mass is 16.3. The maximum Gasteiger partial charge on any atom is 0.0813 e. The molecule has 0 heterocycles. The molecule has 0 saturated heterocycles. The Balaban J connectivity index is 2.23. The molecule has 0 N–H and O–H groups in total. The van der Waals surface area contributed by atoms with E-state index in [1.807, 2.05) is 6.07 Å². The van der Waals surface area contributed by atoms with E-state index < -0.39 is 0 Å². The Labute approximate surface area is 85.3 Å². The molecule has 2 heteroatoms. The van der Waals surface area contributed by atoms with E-state index in [4.69, 9.17) is 0 Å². The predicted molar refractivity (Wildman–Crippen MR) is 59.2 cm³/mol. The summed E-state index contributed by atoms with van der Waals surface area (Å²) in [7, 11) is 0. The maximum absolute atomic E-state index is 9.93. The lowest BCUT2D eigenvalue weighted by atomic mass is 9.98. The van der Waals surface area contributed by atoms with Crippen molar-refractivity contribution in [1.29, 1.82) is 0 Å². The van der Waals surface area contributed by atoms with Gasteiger partial charge in [-0.2, -0.15) is 4.91 Å². The highest BCUT2D eigenvalue weighted by molar-refractivity contribution is 5.14. The third-order valence-electron chi connectivity index (χ3n) is 2.48. The van der Waals surface area contributed by atoms with Crippen LogP contribution >= 0.6 is 0 Å². The van der Waals surface area contributed by atoms with E-state index in [0.29, 0.717) is 12.5 Å². The standard InChI is InChI=1S/C12H17NO/c1-11(9-10-13-14)7-8-12-5-3-2-4-6-12/h2-6,11H,7-10H2,1H3. The number of rotatable bonds is 6. The molecular formula is C12H17NO. The predicted octanol–water partition coefficient (Wildman–Crippen LogP) is 3.41. The van der Waals surface area contributed by atoms with Gasteiger partial charge < -0.3 is 0 Å². The van der Waals surface area contributed by atoms with Gasteiger partial charge in [-0.05, 0) is 30.7 Å². The number of benzene rings is 1. The lowest BCUT2D eigenvalue weighted by Crippen LogP contribution is -1.99. The Kier molecular flexibility index (Phi) is 4.90. The van der Waals surface area contributed by atoms with Crippen LogP contribution in [0.25, 0.3) is 0 Å². The molecule has 0 aromatic heterocycles. The van der Waals surface area contributed by atoms with Crippen LogP contribution in [-0.4, -0.2) is 6.54 Å². The Morgan fingerprint density at radius 3 is 2.57 bits per heavy atom. The fourth-order valence-corrected chi connectivity index (χ4v) is 1.48. The Morgan fingerprint density at radius 1 is 1.21 bits per heavy atom. The van der Waals surface area contributed by atoms with Crippen LogP contribution in [0.1, 0.15) is 25.3 Å². The smallest absolute Gasteiger partial charge is 0.0813 e. The zero-order valence-electron chi connectivity index (χ0n) is 8.65. The van der Waals surface area contributed by atoms with Crippen LogP contribution in [-0.2, 0) is 6.42 Å². The molecule has 0 aliphatic rings. The summed E-state index contributed by atoms with van der Waals surface area (Å²) in [5.74, 6) is 0.591. The van der Waals surface area contributed by atoms with Crippen molar-refractivity contribution in [3.05, 3.63) is 40.8 Å². The molecule has 0 radical (unpaired) electrons. The topological polar surface area (TPSA) is 29.4 Å². The fraction of sp³-hybridized carbons (Fsp3) is 0.500. The van der Waals surface area contributed by atoms with Crippen molar-refractivity contribution in [3.63, 3.8) is 0 Å². The third-order valence-corrected chi connectivity index (χ3v) is 2.48. The van der Waals surface area contributed by atoms with Crippen LogP contribution in [0.5, 0.6) is 0 Å². The van der Waals surface area contributed by atoms with Gasteiger partial charge in [-0.1, -0.05) is 42.4 Å². The first kappa shape index (κ1) is 10.9. The summed E-state index contributed by atoms with van der Waals surface area (Å²) in [4.78, 5) is 9.93. The summed E-state index contributed by atoms with van der Waals surface area (Å²) in [5.41, 5.74) is 1.37. The number of hydrogen-bond acceptors (Lipinski definition) is 2. The Morgan fingerprint density at radius 2 is 1.93 bits per heavy atom. The second-order valence-corrected chi connectivity index (χ2v) is 3.77. The highest BCUT2D eigenvalue weighted by Crippen LogP contribution is 2.12. The van der Waals surface area contributed by atoms with E-state index in [1.54, 1.807) is 0 Å². The van der Waals surface area contributed by atoms with Gasteiger partial charge in [-0.15, -0.1) is 0 Å². The zero-order chi connectivity index (χ0) is 10.2. The van der Waals surface area contributed by atoms with Gasteiger partial charge in [0.25, 0.3) is 0 Å². The van der Waals surface area contributed by atoms with Gasteiger partial charge in [0, 0.05) is 0 Å². The molecule has 1 unspecified atom stereocenters. The molecule has 0 spiro atoms. The molecule has 2 nitrogen and oxygen atoms in total. The van der Waals surface area contributed by atoms with Crippen molar-refractivity contribution >= 4 is 0 Å². The molecule has 0 bridgehead atoms. The van der Waals surface area contributed by atoms with Crippen molar-refractivity contribution in [1.82, 2.24) is 0 Å². The zero-order valence-corrected chi connectivity index (χ0v) is 8.65. The molecule has 76 valence electrons. The van der Waals surface area contributed by atoms with Gasteiger partial charge in [0.05, 0.1) is 6.54 Å². The maximum atomic E-state index is 9.93. The molecular weight excluding hydrogens is 174 g/mol. The fourth-order valence-electron chi connectivity index (χ4n) is 1.48. The second-order valence-electron chi connectivity index (χ2n) is 3.77. The van der Waals surface area contributed by atoms with Crippen LogP contribution in [0.2, 0.25) is 0 Å². The van der Waals surface area contributed by atoms with Gasteiger partial charge >= 0.3 is 0 Å². The quantitative estimate of drug-likeness (QED) is 0.633. The summed E-state index contributed by atoms with van der Waals surface area (Å²) >= 11 is 0. The number of aryl methyl sites for hydroxylation is 1. The molecule has 0 amide bonds. The van der Waals surface area contributed by atoms with Crippen molar-refractivity contribution in [2.24, 2.45) is 11.1 Å². The minimum atomic E-state index is 0.454. The molecule has 1 rings (SSSR count). The number of nitrogens with zero attached hydrogens (tertiary/aromatic N) is 1. The first-order valence-electron chi connectivity index (χ1n) is 5.16. The van der Waals surface area contributed by atoms with E-state index in [-0.39, 0.29) is 0 Å². The number of hydrogen-bond donors (Lipinski definition) is 0. The van der Waals surface area contributed by atoms with Crippen LogP contribution in [0.15, 0.2) is 35.5 Å². The van der Waals surface area contributed by atoms with Crippen LogP contribution < -0.4 is 0 Å². The average Bonchev–Trinajstić information content (AvgIpc) is 2.25. The van der Waals surface area contributed by atoms with E-state index in [0.717, 1.165) is 19.3 Å². The molecule has 1 aromatic rings. The average molecular weight is 191 g/mol. The first-order valence-corrected chi connectivity index (χ1v) is 5.16. The molecule has 1 aromatic carbocycles. The molecule has 0 aliphatic heterocycles. The van der Waals surface area contributed by atoms with E-state index in [9.17, 15) is 4.91 Å². The van der Waals surface area contributed by atoms with Crippen LogP contribution in [0.4, 0.5) is 0 Å². The van der Waals surface area contributed by atoms with E-state index in [2.05, 4.69) is 36.4 Å². The third kappa shape index (κ3) is 4.17.